The van der Waals surface area contributed by atoms with Gasteiger partial charge < -0.3 is 10.1 Å². The lowest BCUT2D eigenvalue weighted by Crippen LogP contribution is -2.31. The molecule has 140 valence electrons. The third kappa shape index (κ3) is 5.28. The van der Waals surface area contributed by atoms with Gasteiger partial charge in [-0.3, -0.25) is 4.79 Å². The quantitative estimate of drug-likeness (QED) is 0.703. The second-order valence-corrected chi connectivity index (χ2v) is 6.92. The maximum atomic E-state index is 12.5. The molecule has 2 rings (SSSR count). The number of rotatable bonds is 7. The zero-order valence-corrected chi connectivity index (χ0v) is 15.5. The van der Waals surface area contributed by atoms with E-state index in [0.717, 1.165) is 5.56 Å². The van der Waals surface area contributed by atoms with Crippen molar-refractivity contribution in [3.63, 3.8) is 0 Å². The summed E-state index contributed by atoms with van der Waals surface area (Å²) in [7, 11) is 0. The van der Waals surface area contributed by atoms with Crippen LogP contribution in [0.2, 0.25) is 0 Å². The van der Waals surface area contributed by atoms with Crippen molar-refractivity contribution >= 4 is 5.91 Å². The molecule has 0 spiro atoms. The highest BCUT2D eigenvalue weighted by molar-refractivity contribution is 5.94. The maximum Gasteiger partial charge on any atom is 0.387 e. The monoisotopic (exact) mass is 361 g/mol. The minimum absolute atomic E-state index is 0.0289. The largest absolute Gasteiger partial charge is 0.435 e. The van der Waals surface area contributed by atoms with E-state index < -0.39 is 6.61 Å². The van der Waals surface area contributed by atoms with Gasteiger partial charge in [0.25, 0.3) is 5.91 Å². The lowest BCUT2D eigenvalue weighted by molar-refractivity contribution is -0.0498. The van der Waals surface area contributed by atoms with Gasteiger partial charge in [0.15, 0.2) is 0 Å². The minimum Gasteiger partial charge on any atom is -0.435 e. The van der Waals surface area contributed by atoms with Crippen LogP contribution < -0.4 is 10.1 Å². The number of benzene rings is 2. The van der Waals surface area contributed by atoms with Crippen molar-refractivity contribution in [2.24, 2.45) is 5.92 Å². The molecule has 0 saturated carbocycles. The van der Waals surface area contributed by atoms with Crippen LogP contribution in [0.3, 0.4) is 0 Å². The highest BCUT2D eigenvalue weighted by atomic mass is 19.3. The molecule has 0 aromatic heterocycles. The van der Waals surface area contributed by atoms with Crippen molar-refractivity contribution in [3.05, 3.63) is 65.2 Å². The Morgan fingerprint density at radius 1 is 0.885 bits per heavy atom. The summed E-state index contributed by atoms with van der Waals surface area (Å²) in [6.07, 6.45) is 0. The Bertz CT molecular complexity index is 710. The van der Waals surface area contributed by atoms with Crippen molar-refractivity contribution in [3.8, 4) is 5.75 Å². The molecule has 5 heteroatoms. The van der Waals surface area contributed by atoms with Crippen LogP contribution in [0.1, 0.15) is 61.1 Å². The number of amides is 1. The maximum absolute atomic E-state index is 12.5. The molecule has 0 heterocycles. The van der Waals surface area contributed by atoms with Crippen molar-refractivity contribution in [2.45, 2.75) is 46.3 Å². The van der Waals surface area contributed by atoms with Crippen LogP contribution in [-0.4, -0.2) is 12.5 Å². The predicted octanol–water partition coefficient (Wildman–Crippen LogP) is 5.54. The van der Waals surface area contributed by atoms with Crippen LogP contribution in [-0.2, 0) is 0 Å². The number of carbonyl (C=O) groups excluding carboxylic acids is 1. The van der Waals surface area contributed by atoms with E-state index in [2.05, 4.69) is 36.0 Å². The topological polar surface area (TPSA) is 38.3 Å². The normalized spacial score (nSPS) is 12.5. The first kappa shape index (κ1) is 19.9. The van der Waals surface area contributed by atoms with Crippen LogP contribution >= 0.6 is 0 Å². The fourth-order valence-corrected chi connectivity index (χ4v) is 2.74. The van der Waals surface area contributed by atoms with Gasteiger partial charge in [0.1, 0.15) is 5.75 Å². The average molecular weight is 361 g/mol. The fraction of sp³-hybridized carbons (Fsp3) is 0.381. The number of carbonyl (C=O) groups is 1. The Morgan fingerprint density at radius 3 is 1.88 bits per heavy atom. The van der Waals surface area contributed by atoms with E-state index in [4.69, 9.17) is 0 Å². The predicted molar refractivity (Wildman–Crippen MR) is 98.7 cm³/mol. The molecule has 0 saturated heterocycles. The first-order valence-corrected chi connectivity index (χ1v) is 8.73. The average Bonchev–Trinajstić information content (AvgIpc) is 2.59. The van der Waals surface area contributed by atoms with Gasteiger partial charge in [-0.2, -0.15) is 8.78 Å². The summed E-state index contributed by atoms with van der Waals surface area (Å²) in [4.78, 5) is 12.5. The molecule has 1 atom stereocenters. The number of alkyl halides is 2. The zero-order chi connectivity index (χ0) is 19.3. The smallest absolute Gasteiger partial charge is 0.387 e. The van der Waals surface area contributed by atoms with Gasteiger partial charge in [0.2, 0.25) is 0 Å². The van der Waals surface area contributed by atoms with E-state index in [-0.39, 0.29) is 23.6 Å². The summed E-state index contributed by atoms with van der Waals surface area (Å²) < 4.78 is 28.7. The molecule has 1 amide bonds. The third-order valence-electron chi connectivity index (χ3n) is 4.26. The molecule has 0 bridgehead atoms. The highest BCUT2D eigenvalue weighted by Gasteiger charge is 2.19. The Hall–Kier alpha value is -2.43. The van der Waals surface area contributed by atoms with Crippen molar-refractivity contribution < 1.29 is 18.3 Å². The van der Waals surface area contributed by atoms with Gasteiger partial charge in [-0.25, -0.2) is 0 Å². The molecule has 2 aromatic rings. The summed E-state index contributed by atoms with van der Waals surface area (Å²) in [6.45, 7) is 5.48. The number of hydrogen-bond donors (Lipinski definition) is 1. The van der Waals surface area contributed by atoms with Crippen LogP contribution in [0.15, 0.2) is 48.5 Å². The Labute approximate surface area is 153 Å². The number of halogens is 2. The Morgan fingerprint density at radius 2 is 1.42 bits per heavy atom. The number of ether oxygens (including phenoxy) is 1. The first-order chi connectivity index (χ1) is 12.3. The van der Waals surface area contributed by atoms with E-state index in [1.807, 2.05) is 26.0 Å². The van der Waals surface area contributed by atoms with Gasteiger partial charge in [-0.1, -0.05) is 52.0 Å². The van der Waals surface area contributed by atoms with Crippen LogP contribution in [0.25, 0.3) is 0 Å². The van der Waals surface area contributed by atoms with Gasteiger partial charge in [-0.05, 0) is 47.2 Å². The molecule has 0 radical (unpaired) electrons. The molecule has 0 fully saturated rings. The van der Waals surface area contributed by atoms with Gasteiger partial charge in [-0.15, -0.1) is 0 Å². The summed E-state index contributed by atoms with van der Waals surface area (Å²) in [5, 5.41) is 3.03. The molecular formula is C21H25F2NO2. The summed E-state index contributed by atoms with van der Waals surface area (Å²) >= 11 is 0. The standard InChI is InChI=1S/C21H25F2NO2/c1-13(2)15-5-7-16(8-6-15)19(14(3)4)24-20(25)17-9-11-18(12-10-17)26-21(22)23/h5-14,19,21H,1-4H3,(H,24,25)/t19-/m1/s1. The van der Waals surface area contributed by atoms with Crippen LogP contribution in [0, 0.1) is 5.92 Å². The molecule has 3 nitrogen and oxygen atoms in total. The summed E-state index contributed by atoms with van der Waals surface area (Å²) in [6, 6.07) is 13.8. The zero-order valence-electron chi connectivity index (χ0n) is 15.5. The molecule has 1 N–H and O–H groups in total. The SMILES string of the molecule is CC(C)c1ccc([C@H](NC(=O)c2ccc(OC(F)F)cc2)C(C)C)cc1. The van der Waals surface area contributed by atoms with E-state index in [0.29, 0.717) is 11.5 Å². The first-order valence-electron chi connectivity index (χ1n) is 8.73. The van der Waals surface area contributed by atoms with Gasteiger partial charge in [0, 0.05) is 5.56 Å². The van der Waals surface area contributed by atoms with E-state index in [1.54, 1.807) is 0 Å². The highest BCUT2D eigenvalue weighted by Crippen LogP contribution is 2.25. The summed E-state index contributed by atoms with van der Waals surface area (Å²) in [5.41, 5.74) is 2.68. The third-order valence-corrected chi connectivity index (χ3v) is 4.26. The van der Waals surface area contributed by atoms with Crippen molar-refractivity contribution in [1.82, 2.24) is 5.32 Å². The number of nitrogens with one attached hydrogen (secondary N) is 1. The van der Waals surface area contributed by atoms with Crippen LogP contribution in [0.5, 0.6) is 5.75 Å². The minimum atomic E-state index is -2.88. The summed E-state index contributed by atoms with van der Waals surface area (Å²) in [5.74, 6) is 0.428. The van der Waals surface area contributed by atoms with Gasteiger partial charge in [0.05, 0.1) is 6.04 Å². The molecule has 26 heavy (non-hydrogen) atoms. The Kier molecular flexibility index (Phi) is 6.72. The molecule has 0 aliphatic carbocycles. The van der Waals surface area contributed by atoms with Crippen molar-refractivity contribution in [2.75, 3.05) is 0 Å². The van der Waals surface area contributed by atoms with E-state index in [1.165, 1.54) is 29.8 Å². The lowest BCUT2D eigenvalue weighted by Gasteiger charge is -2.23. The molecule has 0 aliphatic rings. The lowest BCUT2D eigenvalue weighted by atomic mass is 9.93. The number of hydrogen-bond acceptors (Lipinski definition) is 2. The molecular weight excluding hydrogens is 336 g/mol. The second-order valence-electron chi connectivity index (χ2n) is 6.92. The van der Waals surface area contributed by atoms with E-state index >= 15 is 0 Å². The molecule has 0 unspecified atom stereocenters. The van der Waals surface area contributed by atoms with Gasteiger partial charge >= 0.3 is 6.61 Å². The Balaban J connectivity index is 2.12. The van der Waals surface area contributed by atoms with E-state index in [9.17, 15) is 13.6 Å². The molecule has 2 aromatic carbocycles. The van der Waals surface area contributed by atoms with Crippen molar-refractivity contribution in [1.29, 1.82) is 0 Å². The van der Waals surface area contributed by atoms with Crippen LogP contribution in [0.4, 0.5) is 8.78 Å². The molecule has 0 aliphatic heterocycles. The fourth-order valence-electron chi connectivity index (χ4n) is 2.74. The second kappa shape index (κ2) is 8.79.